The van der Waals surface area contributed by atoms with Crippen LogP contribution in [-0.2, 0) is 11.3 Å². The van der Waals surface area contributed by atoms with Crippen LogP contribution in [0.4, 0.5) is 11.4 Å². The topological polar surface area (TPSA) is 125 Å². The number of benzene rings is 2. The maximum absolute atomic E-state index is 12.8. The van der Waals surface area contributed by atoms with Gasteiger partial charge in [-0.2, -0.15) is 5.10 Å². The van der Waals surface area contributed by atoms with Crippen molar-refractivity contribution in [1.82, 2.24) is 19.3 Å². The molecule has 0 aliphatic carbocycles. The van der Waals surface area contributed by atoms with Crippen molar-refractivity contribution >= 4 is 28.3 Å². The number of nitro groups is 1. The highest BCUT2D eigenvalue weighted by atomic mass is 16.6. The molecular formula is C21H18N6O4. The first kappa shape index (κ1) is 20.0. The van der Waals surface area contributed by atoms with E-state index in [4.69, 9.17) is 0 Å². The van der Waals surface area contributed by atoms with Gasteiger partial charge in [0.2, 0.25) is 5.91 Å². The number of hydrogen-bond acceptors (Lipinski definition) is 6. The minimum atomic E-state index is -0.524. The highest BCUT2D eigenvalue weighted by Crippen LogP contribution is 2.18. The predicted octanol–water partition coefficient (Wildman–Crippen LogP) is 2.75. The van der Waals surface area contributed by atoms with Gasteiger partial charge in [0, 0.05) is 17.8 Å². The lowest BCUT2D eigenvalue weighted by Crippen LogP contribution is -2.27. The third-order valence-electron chi connectivity index (χ3n) is 4.97. The van der Waals surface area contributed by atoms with Crippen LogP contribution in [0.1, 0.15) is 11.1 Å². The van der Waals surface area contributed by atoms with Gasteiger partial charge < -0.3 is 5.32 Å². The second kappa shape index (κ2) is 7.82. The molecule has 10 nitrogen and oxygen atoms in total. The predicted molar refractivity (Wildman–Crippen MR) is 114 cm³/mol. The maximum Gasteiger partial charge on any atom is 0.269 e. The maximum atomic E-state index is 12.8. The first-order chi connectivity index (χ1) is 14.8. The SMILES string of the molecule is Cc1ccc(-n2ncc3c(=O)n(CC(=O)Nc4ccc([N+](=O)[O-])cc4)cnc32)cc1C. The van der Waals surface area contributed by atoms with E-state index in [1.807, 2.05) is 32.0 Å². The van der Waals surface area contributed by atoms with E-state index in [1.165, 1.54) is 41.4 Å². The summed E-state index contributed by atoms with van der Waals surface area (Å²) in [6.07, 6.45) is 2.74. The molecule has 0 aliphatic rings. The zero-order valence-electron chi connectivity index (χ0n) is 16.8. The summed E-state index contributed by atoms with van der Waals surface area (Å²) >= 11 is 0. The van der Waals surface area contributed by atoms with Gasteiger partial charge in [0.05, 0.1) is 16.8 Å². The van der Waals surface area contributed by atoms with Gasteiger partial charge in [-0.25, -0.2) is 9.67 Å². The normalized spacial score (nSPS) is 10.9. The first-order valence-corrected chi connectivity index (χ1v) is 9.38. The Labute approximate surface area is 175 Å². The number of nitrogens with zero attached hydrogens (tertiary/aromatic N) is 5. The van der Waals surface area contributed by atoms with E-state index in [1.54, 1.807) is 4.68 Å². The zero-order valence-corrected chi connectivity index (χ0v) is 16.8. The number of carbonyl (C=O) groups is 1. The van der Waals surface area contributed by atoms with E-state index < -0.39 is 10.8 Å². The van der Waals surface area contributed by atoms with Crippen LogP contribution in [0.2, 0.25) is 0 Å². The van der Waals surface area contributed by atoms with Crippen LogP contribution in [0.15, 0.2) is 59.8 Å². The summed E-state index contributed by atoms with van der Waals surface area (Å²) in [6, 6.07) is 11.3. The summed E-state index contributed by atoms with van der Waals surface area (Å²) in [5.41, 5.74) is 3.36. The van der Waals surface area contributed by atoms with Crippen LogP contribution < -0.4 is 10.9 Å². The van der Waals surface area contributed by atoms with E-state index in [9.17, 15) is 19.7 Å². The summed E-state index contributed by atoms with van der Waals surface area (Å²) in [6.45, 7) is 3.75. The molecule has 0 spiro atoms. The van der Waals surface area contributed by atoms with E-state index >= 15 is 0 Å². The fourth-order valence-electron chi connectivity index (χ4n) is 3.13. The molecule has 1 N–H and O–H groups in total. The van der Waals surface area contributed by atoms with Gasteiger partial charge >= 0.3 is 0 Å². The minimum absolute atomic E-state index is 0.0790. The second-order valence-corrected chi connectivity index (χ2v) is 7.09. The zero-order chi connectivity index (χ0) is 22.1. The number of aromatic nitrogens is 4. The molecule has 2 aromatic heterocycles. The van der Waals surface area contributed by atoms with Gasteiger partial charge in [-0.05, 0) is 49.2 Å². The lowest BCUT2D eigenvalue weighted by atomic mass is 10.1. The number of fused-ring (bicyclic) bond motifs is 1. The fraction of sp³-hybridized carbons (Fsp3) is 0.143. The number of non-ortho nitro benzene ring substituents is 1. The molecule has 0 bridgehead atoms. The second-order valence-electron chi connectivity index (χ2n) is 7.09. The number of nitro benzene ring substituents is 1. The third-order valence-corrected chi connectivity index (χ3v) is 4.97. The Kier molecular flexibility index (Phi) is 5.04. The van der Waals surface area contributed by atoms with Gasteiger partial charge in [-0.1, -0.05) is 6.07 Å². The molecule has 4 rings (SSSR count). The van der Waals surface area contributed by atoms with Crippen LogP contribution >= 0.6 is 0 Å². The Morgan fingerprint density at radius 3 is 2.55 bits per heavy atom. The molecule has 31 heavy (non-hydrogen) atoms. The average Bonchev–Trinajstić information content (AvgIpc) is 3.17. The van der Waals surface area contributed by atoms with Crippen molar-refractivity contribution in [2.24, 2.45) is 0 Å². The van der Waals surface area contributed by atoms with E-state index in [-0.39, 0.29) is 17.8 Å². The van der Waals surface area contributed by atoms with E-state index in [2.05, 4.69) is 15.4 Å². The quantitative estimate of drug-likeness (QED) is 0.392. The first-order valence-electron chi connectivity index (χ1n) is 9.38. The Morgan fingerprint density at radius 1 is 1.13 bits per heavy atom. The van der Waals surface area contributed by atoms with Crippen molar-refractivity contribution in [2.45, 2.75) is 20.4 Å². The molecule has 4 aromatic rings. The summed E-state index contributed by atoms with van der Waals surface area (Å²) in [4.78, 5) is 39.7. The molecule has 0 unspecified atom stereocenters. The minimum Gasteiger partial charge on any atom is -0.325 e. The fourth-order valence-corrected chi connectivity index (χ4v) is 3.13. The monoisotopic (exact) mass is 418 g/mol. The highest BCUT2D eigenvalue weighted by molar-refractivity contribution is 5.90. The summed E-state index contributed by atoms with van der Waals surface area (Å²) in [5, 5.41) is 17.9. The van der Waals surface area contributed by atoms with Crippen molar-refractivity contribution in [3.05, 3.63) is 86.6 Å². The molecule has 2 aromatic carbocycles. The Morgan fingerprint density at radius 2 is 1.87 bits per heavy atom. The molecule has 0 fully saturated rings. The molecule has 0 radical (unpaired) electrons. The standard InChI is InChI=1S/C21H18N6O4/c1-13-3-6-17(9-14(13)2)26-20-18(10-23-26)21(29)25(12-22-20)11-19(28)24-15-4-7-16(8-5-15)27(30)31/h3-10,12H,11H2,1-2H3,(H,24,28). The van der Waals surface area contributed by atoms with Crippen molar-refractivity contribution in [3.8, 4) is 5.69 Å². The van der Waals surface area contributed by atoms with Crippen LogP contribution in [-0.4, -0.2) is 30.2 Å². The number of anilines is 1. The van der Waals surface area contributed by atoms with Crippen molar-refractivity contribution in [2.75, 3.05) is 5.32 Å². The van der Waals surface area contributed by atoms with Gasteiger partial charge in [-0.15, -0.1) is 0 Å². The van der Waals surface area contributed by atoms with Gasteiger partial charge in [0.1, 0.15) is 18.3 Å². The number of rotatable bonds is 5. The van der Waals surface area contributed by atoms with Crippen LogP contribution in [0.3, 0.4) is 0 Å². The molecule has 10 heteroatoms. The largest absolute Gasteiger partial charge is 0.325 e. The molecule has 0 atom stereocenters. The third kappa shape index (κ3) is 3.90. The van der Waals surface area contributed by atoms with Crippen LogP contribution in [0.25, 0.3) is 16.7 Å². The summed E-state index contributed by atoms with van der Waals surface area (Å²) in [7, 11) is 0. The van der Waals surface area contributed by atoms with Gasteiger partial charge in [0.25, 0.3) is 11.2 Å². The Balaban J connectivity index is 1.57. The molecule has 0 saturated carbocycles. The number of carbonyl (C=O) groups excluding carboxylic acids is 1. The molecule has 2 heterocycles. The summed E-state index contributed by atoms with van der Waals surface area (Å²) in [5.74, 6) is -0.460. The van der Waals surface area contributed by atoms with Crippen molar-refractivity contribution < 1.29 is 9.72 Å². The average molecular weight is 418 g/mol. The molecule has 1 amide bonds. The molecule has 0 saturated heterocycles. The van der Waals surface area contributed by atoms with Crippen LogP contribution in [0.5, 0.6) is 0 Å². The number of hydrogen-bond donors (Lipinski definition) is 1. The van der Waals surface area contributed by atoms with Gasteiger partial charge in [0.15, 0.2) is 5.65 Å². The molecule has 0 aliphatic heterocycles. The lowest BCUT2D eigenvalue weighted by molar-refractivity contribution is -0.384. The smallest absolute Gasteiger partial charge is 0.269 e. The Bertz CT molecular complexity index is 1370. The van der Waals surface area contributed by atoms with Crippen molar-refractivity contribution in [3.63, 3.8) is 0 Å². The van der Waals surface area contributed by atoms with Crippen molar-refractivity contribution in [1.29, 1.82) is 0 Å². The highest BCUT2D eigenvalue weighted by Gasteiger charge is 2.14. The number of amides is 1. The van der Waals surface area contributed by atoms with E-state index in [0.29, 0.717) is 16.7 Å². The lowest BCUT2D eigenvalue weighted by Gasteiger charge is -2.08. The molecule has 156 valence electrons. The number of nitrogens with one attached hydrogen (secondary N) is 1. The van der Waals surface area contributed by atoms with Crippen LogP contribution in [0, 0.1) is 24.0 Å². The van der Waals surface area contributed by atoms with Gasteiger partial charge in [-0.3, -0.25) is 24.3 Å². The molecular weight excluding hydrogens is 400 g/mol. The number of aryl methyl sites for hydroxylation is 2. The van der Waals surface area contributed by atoms with E-state index in [0.717, 1.165) is 16.8 Å². The summed E-state index contributed by atoms with van der Waals surface area (Å²) < 4.78 is 2.78. The Hall–Kier alpha value is -4.34.